The molecule has 4 fully saturated rings. The molecule has 696 valence electrons. The summed E-state index contributed by atoms with van der Waals surface area (Å²) in [6.45, 7) is 22.1. The van der Waals surface area contributed by atoms with Crippen molar-refractivity contribution < 1.29 is 76.9 Å². The van der Waals surface area contributed by atoms with Crippen LogP contribution in [0.25, 0.3) is 31.3 Å². The summed E-state index contributed by atoms with van der Waals surface area (Å²) in [6, 6.07) is 47.1. The number of nitro benzene ring substituents is 1. The van der Waals surface area contributed by atoms with Crippen LogP contribution in [-0.4, -0.2) is 201 Å². The monoisotopic (exact) mass is 1890 g/mol. The van der Waals surface area contributed by atoms with Crippen molar-refractivity contribution in [2.75, 3.05) is 26.2 Å². The number of carbonyl (C=O) groups is 9. The number of nitrogens with one attached hydrogen (secondary N) is 3. The van der Waals surface area contributed by atoms with Gasteiger partial charge < -0.3 is 60.8 Å². The molecule has 132 heavy (non-hydrogen) atoms. The maximum Gasteiger partial charge on any atom is 0.270 e. The first kappa shape index (κ1) is 99.6. The lowest BCUT2D eigenvalue weighted by atomic mass is 9.77. The topological polar surface area (TPSA) is 390 Å². The van der Waals surface area contributed by atoms with E-state index in [0.29, 0.717) is 48.6 Å². The second-order valence-corrected chi connectivity index (χ2v) is 40.5. The summed E-state index contributed by atoms with van der Waals surface area (Å²) in [7, 11) is -4.20. The van der Waals surface area contributed by atoms with E-state index in [0.717, 1.165) is 81.6 Å². The van der Waals surface area contributed by atoms with Crippen molar-refractivity contribution in [3.05, 3.63) is 268 Å². The number of sulfonamides is 1. The number of aliphatic hydroxyl groups excluding tert-OH is 4. The molecule has 0 aliphatic carbocycles. The molecule has 10 aromatic rings. The molecule has 7 N–H and O–H groups in total. The molecule has 0 radical (unpaired) electrons. The molecule has 0 saturated carbocycles. The van der Waals surface area contributed by atoms with Gasteiger partial charge in [-0.15, -0.1) is 34.0 Å². The Morgan fingerprint density at radius 1 is 0.561 bits per heavy atom. The van der Waals surface area contributed by atoms with E-state index in [2.05, 4.69) is 68.6 Å². The number of non-ortho nitro benzene ring substituents is 1. The van der Waals surface area contributed by atoms with Crippen molar-refractivity contribution >= 4 is 114 Å². The number of ketones is 2. The van der Waals surface area contributed by atoms with Gasteiger partial charge in [-0.2, -0.15) is 4.31 Å². The SMILES string of the molecule is CC(=O)C[C@H](C(=O)N1C[C@H](O)C[C@H]1C(=O)NCc1ccc(-c2scnc2C)cc1)C(C)(C)C.Cc1cccc(CNC(=O)[C@@H]2C[C@@H](O)CN2S(=O)(=O)c2cccc([N+](=O)[O-])c2)c1.Cc1ccsc1-c1ccc(CCC(=O)[C@@H]2C[C@@H](O)CN2C(=O)c2c(C)cccc2Cl)cc1.Cc1ncsc1-c1ccc(CNC(=O)[C@@H]2C[C@@H](O)CN2C(=O)[C@H](C(C)C)N2Cc3ccccc3C2=O)cc1. The van der Waals surface area contributed by atoms with Gasteiger partial charge in [0.2, 0.25) is 39.6 Å². The molecule has 7 amide bonds. The second-order valence-electron chi connectivity index (χ2n) is 35.6. The fourth-order valence-electron chi connectivity index (χ4n) is 17.3. The molecule has 10 atom stereocenters. The maximum absolute atomic E-state index is 13.8. The average Bonchev–Trinajstić information content (AvgIpc) is 1.61. The largest absolute Gasteiger partial charge is 0.392 e. The smallest absolute Gasteiger partial charge is 0.270 e. The van der Waals surface area contributed by atoms with E-state index in [-0.39, 0.29) is 128 Å². The van der Waals surface area contributed by atoms with Crippen LogP contribution in [0.1, 0.15) is 157 Å². The number of hydrogen-bond acceptors (Lipinski definition) is 22. The van der Waals surface area contributed by atoms with E-state index in [1.54, 1.807) is 57.1 Å². The molecule has 4 saturated heterocycles. The van der Waals surface area contributed by atoms with Crippen molar-refractivity contribution in [1.29, 1.82) is 0 Å². The van der Waals surface area contributed by atoms with Gasteiger partial charge in [0.15, 0.2) is 5.78 Å². The number of thiazole rings is 2. The Balaban J connectivity index is 0.000000160. The van der Waals surface area contributed by atoms with Gasteiger partial charge in [0, 0.05) is 119 Å². The minimum absolute atomic E-state index is 0.0298. The Morgan fingerprint density at radius 3 is 1.57 bits per heavy atom. The van der Waals surface area contributed by atoms with Crippen LogP contribution in [0.4, 0.5) is 5.69 Å². The summed E-state index contributed by atoms with van der Waals surface area (Å²) in [4.78, 5) is 145. The molecule has 0 bridgehead atoms. The van der Waals surface area contributed by atoms with Crippen molar-refractivity contribution in [2.24, 2.45) is 17.3 Å². The van der Waals surface area contributed by atoms with E-state index in [1.807, 2.05) is 170 Å². The first-order chi connectivity index (χ1) is 62.7. The highest BCUT2D eigenvalue weighted by Crippen LogP contribution is 2.38. The summed E-state index contributed by atoms with van der Waals surface area (Å²) in [5.41, 5.74) is 16.9. The third-order valence-corrected chi connectivity index (χ3v) is 29.5. The molecule has 28 nitrogen and oxygen atoms in total. The average molecular weight is 1890 g/mol. The van der Waals surface area contributed by atoms with Crippen LogP contribution in [0, 0.1) is 62.0 Å². The first-order valence-corrected chi connectivity index (χ1v) is 48.3. The number of benzene rings is 7. The van der Waals surface area contributed by atoms with E-state index in [4.69, 9.17) is 11.6 Å². The Bertz CT molecular complexity index is 5960. The normalized spacial score (nSPS) is 19.3. The predicted molar refractivity (Wildman–Crippen MR) is 508 cm³/mol. The number of fused-ring (bicyclic) bond motifs is 1. The standard InChI is InChI=1S/C29H32N4O4S.C26H26ClNO3S.C25H33N3O4S.C19H21N3O6S/c1-17(2)25(33-14-21-6-4-5-7-23(21)28(33)36)29(37)32-15-22(34)12-24(32)27(35)30-13-19-8-10-20(11-9-19)26-18(3)31-16-38-26;1-16-4-3-5-21(27)24(16)26(31)28-15-20(29)14-22(28)23(30)11-8-18-6-9-19(10-7-18)25-17(2)12-13-32-25;1-15(29)10-20(25(3,4)5)24(32)28-13-19(30)11-21(28)23(31)26-12-17-6-8-18(9-7-17)22-16(2)27-14-33-22;1-13-4-2-5-14(8-13)11-20-19(24)18-10-16(23)12-21(18)29(27,28)17-7-3-6-15(9-17)22(25)26/h4-11,16-17,22,24-25,34H,12-15H2,1-3H3,(H,30,35);3-7,9-10,12-13,20,22,29H,8,11,14-15H2,1-2H3;6-9,14,19-21,30H,10-13H2,1-5H3,(H,26,31);2-9,16,18,23H,10-12H2,1H3,(H,20,24)/t22-,24+,25+;20-,22+;19-,20-,21+;16-,18+/m1111/s1. The van der Waals surface area contributed by atoms with E-state index in [9.17, 15) is 82.1 Å². The lowest BCUT2D eigenvalue weighted by Gasteiger charge is -2.35. The Morgan fingerprint density at radius 2 is 1.06 bits per heavy atom. The van der Waals surface area contributed by atoms with Crippen LogP contribution in [0.5, 0.6) is 0 Å². The molecule has 15 rings (SSSR count). The number of rotatable bonds is 26. The number of aromatic nitrogens is 2. The van der Waals surface area contributed by atoms with E-state index < -0.39 is 86.8 Å². The van der Waals surface area contributed by atoms with Gasteiger partial charge in [-0.05, 0) is 145 Å². The van der Waals surface area contributed by atoms with Gasteiger partial charge in [-0.1, -0.05) is 185 Å². The number of halogens is 1. The Kier molecular flexibility index (Phi) is 33.2. The van der Waals surface area contributed by atoms with Gasteiger partial charge in [0.05, 0.1) is 83.0 Å². The minimum atomic E-state index is -4.20. The number of hydrogen-bond donors (Lipinski definition) is 7. The number of nitro groups is 1. The number of aliphatic hydroxyl groups is 4. The quantitative estimate of drug-likeness (QED) is 0.0195. The lowest BCUT2D eigenvalue weighted by Crippen LogP contribution is -2.55. The summed E-state index contributed by atoms with van der Waals surface area (Å²) in [5, 5.41) is 62.8. The minimum Gasteiger partial charge on any atom is -0.392 e. The number of amides is 7. The van der Waals surface area contributed by atoms with Crippen LogP contribution >= 0.6 is 45.6 Å². The predicted octanol–water partition coefficient (Wildman–Crippen LogP) is 13.5. The maximum atomic E-state index is 13.8. The van der Waals surface area contributed by atoms with E-state index in [1.165, 1.54) is 55.8 Å². The summed E-state index contributed by atoms with van der Waals surface area (Å²) < 4.78 is 26.9. The van der Waals surface area contributed by atoms with Gasteiger partial charge in [-0.25, -0.2) is 18.4 Å². The van der Waals surface area contributed by atoms with Crippen LogP contribution in [0.3, 0.4) is 0 Å². The van der Waals surface area contributed by atoms with Gasteiger partial charge in [0.25, 0.3) is 17.5 Å². The number of nitrogens with zero attached hydrogens (tertiary/aromatic N) is 8. The number of Topliss-reactive ketones (excluding diaryl/α,β-unsaturated/α-hetero) is 2. The summed E-state index contributed by atoms with van der Waals surface area (Å²) in [6.07, 6.45) is -1.64. The highest BCUT2D eigenvalue weighted by atomic mass is 35.5. The molecule has 3 aromatic heterocycles. The van der Waals surface area contributed by atoms with Crippen LogP contribution < -0.4 is 16.0 Å². The molecule has 7 aromatic carbocycles. The molecule has 5 aliphatic rings. The third kappa shape index (κ3) is 24.3. The number of likely N-dealkylation sites (tertiary alicyclic amines) is 3. The zero-order chi connectivity index (χ0) is 95.3. The number of aryl methyl sites for hydroxylation is 6. The van der Waals surface area contributed by atoms with Crippen LogP contribution in [0.15, 0.2) is 191 Å². The molecule has 33 heteroatoms. The number of thiophene rings is 1. The lowest BCUT2D eigenvalue weighted by molar-refractivity contribution is -0.385. The molecular weight excluding hydrogens is 1780 g/mol. The molecule has 5 aliphatic heterocycles. The summed E-state index contributed by atoms with van der Waals surface area (Å²) >= 11 is 11.2. The fourth-order valence-corrected chi connectivity index (χ4v) is 21.8. The van der Waals surface area contributed by atoms with Crippen molar-refractivity contribution in [3.63, 3.8) is 0 Å². The molecular formula is C99H112ClN11O17S4. The molecule has 0 spiro atoms. The zero-order valence-electron chi connectivity index (χ0n) is 75.5. The van der Waals surface area contributed by atoms with E-state index >= 15 is 0 Å². The molecule has 0 unspecified atom stereocenters. The van der Waals surface area contributed by atoms with Crippen molar-refractivity contribution in [1.82, 2.24) is 49.8 Å². The number of carbonyl (C=O) groups excluding carboxylic acids is 9. The molecule has 8 heterocycles. The van der Waals surface area contributed by atoms with Crippen molar-refractivity contribution in [3.8, 4) is 31.3 Å². The van der Waals surface area contributed by atoms with Crippen molar-refractivity contribution in [2.45, 2.75) is 207 Å². The third-order valence-electron chi connectivity index (χ3n) is 24.3. The fraction of sp³-hybridized carbons (Fsp3) is 0.384. The summed E-state index contributed by atoms with van der Waals surface area (Å²) in [5.74, 6) is -2.96. The van der Waals surface area contributed by atoms with Gasteiger partial charge >= 0.3 is 0 Å². The zero-order valence-corrected chi connectivity index (χ0v) is 79.6. The highest BCUT2D eigenvalue weighted by Gasteiger charge is 2.49. The first-order valence-electron chi connectivity index (χ1n) is 43.8. The van der Waals surface area contributed by atoms with Crippen LogP contribution in [-0.2, 0) is 76.2 Å². The second kappa shape index (κ2) is 44.0. The van der Waals surface area contributed by atoms with Gasteiger partial charge in [-0.3, -0.25) is 48.5 Å². The van der Waals surface area contributed by atoms with Crippen LogP contribution in [0.2, 0.25) is 5.02 Å². The Labute approximate surface area is 785 Å². The highest BCUT2D eigenvalue weighted by molar-refractivity contribution is 7.89. The van der Waals surface area contributed by atoms with Gasteiger partial charge in [0.1, 0.15) is 30.0 Å². The number of β-amino-alcohol motifs (C(OH)–C–C–N with tert-alkyl or cyclic N) is 4. The Hall–Kier alpha value is -11.4.